The van der Waals surface area contributed by atoms with Crippen LogP contribution in [0.1, 0.15) is 37.7 Å². The third-order valence-electron chi connectivity index (χ3n) is 6.15. The van der Waals surface area contributed by atoms with Crippen LogP contribution in [0.5, 0.6) is 0 Å². The minimum atomic E-state index is -0.246. The highest BCUT2D eigenvalue weighted by Gasteiger charge is 2.17. The second-order valence-corrected chi connectivity index (χ2v) is 8.62. The molecule has 0 spiro atoms. The maximum atomic E-state index is 13.0. The van der Waals surface area contributed by atoms with Crippen molar-refractivity contribution in [2.75, 3.05) is 5.32 Å². The molecule has 184 valence electrons. The van der Waals surface area contributed by atoms with Crippen LogP contribution in [-0.2, 0) is 6.54 Å². The van der Waals surface area contributed by atoms with Gasteiger partial charge in [0.15, 0.2) is 0 Å². The van der Waals surface area contributed by atoms with Crippen LogP contribution in [0.25, 0.3) is 11.4 Å². The fraction of sp³-hybridized carbons (Fsp3) is 0.103. The summed E-state index contributed by atoms with van der Waals surface area (Å²) in [5.41, 5.74) is 5.79. The largest absolute Gasteiger partial charge is 0.348 e. The summed E-state index contributed by atoms with van der Waals surface area (Å²) in [5, 5.41) is 14.6. The molecule has 0 aliphatic carbocycles. The quantitative estimate of drug-likeness (QED) is 0.341. The van der Waals surface area contributed by atoms with Crippen LogP contribution < -0.4 is 10.6 Å². The number of rotatable bonds is 7. The Bertz CT molecular complexity index is 1550. The van der Waals surface area contributed by atoms with Crippen molar-refractivity contribution in [3.63, 3.8) is 0 Å². The van der Waals surface area contributed by atoms with E-state index in [9.17, 15) is 9.59 Å². The molecule has 5 aromatic rings. The first-order chi connectivity index (χ1) is 18.0. The van der Waals surface area contributed by atoms with Gasteiger partial charge in [-0.1, -0.05) is 48.5 Å². The SMILES string of the molecule is Cc1c(C(=O)NCc2cccc(NC(=O)c3cnn(-c4ccccc4)c3C)c2)cnn1-c1ccccc1. The van der Waals surface area contributed by atoms with E-state index in [0.717, 1.165) is 28.3 Å². The third kappa shape index (κ3) is 5.04. The van der Waals surface area contributed by atoms with Crippen LogP contribution >= 0.6 is 0 Å². The molecule has 2 aromatic heterocycles. The van der Waals surface area contributed by atoms with Crippen molar-refractivity contribution in [2.24, 2.45) is 0 Å². The molecule has 3 aromatic carbocycles. The van der Waals surface area contributed by atoms with Crippen LogP contribution in [0.3, 0.4) is 0 Å². The van der Waals surface area contributed by atoms with E-state index in [-0.39, 0.29) is 11.8 Å². The van der Waals surface area contributed by atoms with Crippen LogP contribution in [0.2, 0.25) is 0 Å². The molecule has 37 heavy (non-hydrogen) atoms. The van der Waals surface area contributed by atoms with Gasteiger partial charge in [-0.15, -0.1) is 0 Å². The molecule has 0 bridgehead atoms. The number of carbonyl (C=O) groups is 2. The Hall–Kier alpha value is -4.98. The van der Waals surface area contributed by atoms with E-state index in [0.29, 0.717) is 23.4 Å². The van der Waals surface area contributed by atoms with Gasteiger partial charge in [-0.2, -0.15) is 10.2 Å². The second-order valence-electron chi connectivity index (χ2n) is 8.62. The van der Waals surface area contributed by atoms with E-state index in [1.165, 1.54) is 0 Å². The molecule has 5 rings (SSSR count). The van der Waals surface area contributed by atoms with Crippen molar-refractivity contribution in [3.8, 4) is 11.4 Å². The second kappa shape index (κ2) is 10.3. The first-order valence-electron chi connectivity index (χ1n) is 11.9. The Balaban J connectivity index is 1.24. The van der Waals surface area contributed by atoms with Crippen molar-refractivity contribution < 1.29 is 9.59 Å². The molecule has 0 saturated heterocycles. The van der Waals surface area contributed by atoms with Crippen molar-refractivity contribution in [3.05, 3.63) is 125 Å². The van der Waals surface area contributed by atoms with Crippen molar-refractivity contribution in [1.29, 1.82) is 0 Å². The molecule has 0 aliphatic heterocycles. The molecule has 0 radical (unpaired) electrons. The number of nitrogens with zero attached hydrogens (tertiary/aromatic N) is 4. The zero-order valence-corrected chi connectivity index (χ0v) is 20.6. The van der Waals surface area contributed by atoms with Gasteiger partial charge in [0.05, 0.1) is 46.3 Å². The maximum absolute atomic E-state index is 13.0. The Morgan fingerprint density at radius 2 is 1.24 bits per heavy atom. The lowest BCUT2D eigenvalue weighted by atomic mass is 10.1. The van der Waals surface area contributed by atoms with Gasteiger partial charge < -0.3 is 10.6 Å². The van der Waals surface area contributed by atoms with Crippen molar-refractivity contribution in [1.82, 2.24) is 24.9 Å². The summed E-state index contributed by atoms with van der Waals surface area (Å²) in [6, 6.07) is 26.7. The minimum Gasteiger partial charge on any atom is -0.348 e. The zero-order chi connectivity index (χ0) is 25.8. The molecular formula is C29H26N6O2. The number of para-hydroxylation sites is 2. The third-order valence-corrected chi connectivity index (χ3v) is 6.15. The van der Waals surface area contributed by atoms with Crippen LogP contribution in [-0.4, -0.2) is 31.4 Å². The Morgan fingerprint density at radius 1 is 0.703 bits per heavy atom. The molecular weight excluding hydrogens is 464 g/mol. The maximum Gasteiger partial charge on any atom is 0.259 e. The van der Waals surface area contributed by atoms with E-state index in [4.69, 9.17) is 0 Å². The lowest BCUT2D eigenvalue weighted by molar-refractivity contribution is 0.0949. The topological polar surface area (TPSA) is 93.8 Å². The molecule has 0 saturated carbocycles. The average Bonchev–Trinajstić information content (AvgIpc) is 3.51. The van der Waals surface area contributed by atoms with Crippen molar-refractivity contribution in [2.45, 2.75) is 20.4 Å². The summed E-state index contributed by atoms with van der Waals surface area (Å²) in [5.74, 6) is -0.456. The highest BCUT2D eigenvalue weighted by atomic mass is 16.2. The molecule has 8 nitrogen and oxygen atoms in total. The lowest BCUT2D eigenvalue weighted by Gasteiger charge is -2.09. The highest BCUT2D eigenvalue weighted by molar-refractivity contribution is 6.05. The number of carbonyl (C=O) groups excluding carboxylic acids is 2. The summed E-state index contributed by atoms with van der Waals surface area (Å²) < 4.78 is 3.48. The van der Waals surface area contributed by atoms with Gasteiger partial charge >= 0.3 is 0 Å². The van der Waals surface area contributed by atoms with Crippen molar-refractivity contribution >= 4 is 17.5 Å². The van der Waals surface area contributed by atoms with E-state index < -0.39 is 0 Å². The summed E-state index contributed by atoms with van der Waals surface area (Å²) in [6.07, 6.45) is 3.14. The smallest absolute Gasteiger partial charge is 0.259 e. The monoisotopic (exact) mass is 490 g/mol. The summed E-state index contributed by atoms with van der Waals surface area (Å²) in [7, 11) is 0. The van der Waals surface area contributed by atoms with E-state index in [2.05, 4.69) is 20.8 Å². The fourth-order valence-electron chi connectivity index (χ4n) is 4.16. The number of amides is 2. The predicted molar refractivity (Wildman–Crippen MR) is 142 cm³/mol. The van der Waals surface area contributed by atoms with E-state index >= 15 is 0 Å². The van der Waals surface area contributed by atoms with Crippen LogP contribution in [0, 0.1) is 13.8 Å². The summed E-state index contributed by atoms with van der Waals surface area (Å²) in [4.78, 5) is 25.8. The highest BCUT2D eigenvalue weighted by Crippen LogP contribution is 2.18. The average molecular weight is 491 g/mol. The molecule has 0 unspecified atom stereocenters. The first kappa shape index (κ1) is 23.7. The van der Waals surface area contributed by atoms with Crippen LogP contribution in [0.15, 0.2) is 97.3 Å². The summed E-state index contributed by atoms with van der Waals surface area (Å²) in [6.45, 7) is 4.04. The number of hydrogen-bond donors (Lipinski definition) is 2. The molecule has 2 amide bonds. The molecule has 2 N–H and O–H groups in total. The van der Waals surface area contributed by atoms with Gasteiger partial charge in [0.25, 0.3) is 11.8 Å². The van der Waals surface area contributed by atoms with Gasteiger partial charge in [0, 0.05) is 12.2 Å². The molecule has 8 heteroatoms. The Kier molecular flexibility index (Phi) is 6.63. The minimum absolute atomic E-state index is 0.210. The molecule has 0 fully saturated rings. The lowest BCUT2D eigenvalue weighted by Crippen LogP contribution is -2.23. The number of hydrogen-bond acceptors (Lipinski definition) is 4. The standard InChI is InChI=1S/C29H26N6O2/c1-20-26(18-31-34(20)24-12-5-3-6-13-24)28(36)30-17-22-10-9-11-23(16-22)33-29(37)27-19-32-35(21(27)2)25-14-7-4-8-15-25/h3-16,18-19H,17H2,1-2H3,(H,30,36)(H,33,37). The van der Waals surface area contributed by atoms with Gasteiger partial charge in [0.1, 0.15) is 0 Å². The first-order valence-corrected chi connectivity index (χ1v) is 11.9. The molecule has 2 heterocycles. The predicted octanol–water partition coefficient (Wildman–Crippen LogP) is 4.86. The Morgan fingerprint density at radius 3 is 1.81 bits per heavy atom. The van der Waals surface area contributed by atoms with Crippen LogP contribution in [0.4, 0.5) is 5.69 Å². The Labute approximate surface area is 214 Å². The van der Waals surface area contributed by atoms with Gasteiger partial charge in [-0.3, -0.25) is 9.59 Å². The van der Waals surface area contributed by atoms with E-state index in [1.54, 1.807) is 21.8 Å². The zero-order valence-electron chi connectivity index (χ0n) is 20.6. The number of benzene rings is 3. The van der Waals surface area contributed by atoms with Gasteiger partial charge in [-0.25, -0.2) is 9.36 Å². The molecule has 0 aliphatic rings. The number of anilines is 1. The van der Waals surface area contributed by atoms with E-state index in [1.807, 2.05) is 98.8 Å². The number of aromatic nitrogens is 4. The van der Waals surface area contributed by atoms with Gasteiger partial charge in [-0.05, 0) is 55.8 Å². The molecule has 0 atom stereocenters. The fourth-order valence-corrected chi connectivity index (χ4v) is 4.16. The number of nitrogens with one attached hydrogen (secondary N) is 2. The normalized spacial score (nSPS) is 10.8. The van der Waals surface area contributed by atoms with Gasteiger partial charge in [0.2, 0.25) is 0 Å². The summed E-state index contributed by atoms with van der Waals surface area (Å²) >= 11 is 0.